The molecular formula is C10H17NOS2. The molecule has 2 nitrogen and oxygen atoms in total. The summed E-state index contributed by atoms with van der Waals surface area (Å²) < 4.78 is 0. The highest BCUT2D eigenvalue weighted by Crippen LogP contribution is 2.36. The fraction of sp³-hybridized carbons (Fsp3) is 0.700. The fourth-order valence-corrected chi connectivity index (χ4v) is 3.81. The zero-order valence-corrected chi connectivity index (χ0v) is 10.4. The number of thioether (sulfide) groups is 2. The van der Waals surface area contributed by atoms with E-state index in [1.807, 2.05) is 18.7 Å². The van der Waals surface area contributed by atoms with Crippen LogP contribution in [0.3, 0.4) is 0 Å². The van der Waals surface area contributed by atoms with Gasteiger partial charge in [0.1, 0.15) is 0 Å². The molecule has 0 spiro atoms. The van der Waals surface area contributed by atoms with Crippen LogP contribution >= 0.6 is 23.5 Å². The Labute approximate surface area is 94.3 Å². The Balaban J connectivity index is 2.71. The normalized spacial score (nSPS) is 17.0. The SMILES string of the molecule is CCCC1=C(C(=O)NCC)SCCS1. The third-order valence-corrected chi connectivity index (χ3v) is 4.56. The molecule has 0 aromatic carbocycles. The van der Waals surface area contributed by atoms with Crippen LogP contribution in [0.2, 0.25) is 0 Å². The van der Waals surface area contributed by atoms with E-state index >= 15 is 0 Å². The predicted octanol–water partition coefficient (Wildman–Crippen LogP) is 2.61. The summed E-state index contributed by atoms with van der Waals surface area (Å²) in [7, 11) is 0. The van der Waals surface area contributed by atoms with Gasteiger partial charge in [0, 0.05) is 23.0 Å². The highest BCUT2D eigenvalue weighted by atomic mass is 32.2. The monoisotopic (exact) mass is 231 g/mol. The third-order valence-electron chi connectivity index (χ3n) is 1.88. The molecule has 0 radical (unpaired) electrons. The lowest BCUT2D eigenvalue weighted by molar-refractivity contribution is -0.116. The van der Waals surface area contributed by atoms with Gasteiger partial charge in [-0.15, -0.1) is 23.5 Å². The Hall–Kier alpha value is -0.0900. The molecule has 4 heteroatoms. The summed E-state index contributed by atoms with van der Waals surface area (Å²) in [5.41, 5.74) is 0. The predicted molar refractivity (Wildman–Crippen MR) is 65.5 cm³/mol. The van der Waals surface area contributed by atoms with Crippen molar-refractivity contribution >= 4 is 29.4 Å². The fourth-order valence-electron chi connectivity index (χ4n) is 1.30. The molecule has 0 aliphatic carbocycles. The van der Waals surface area contributed by atoms with E-state index in [0.717, 1.165) is 29.3 Å². The minimum absolute atomic E-state index is 0.119. The van der Waals surface area contributed by atoms with Crippen LogP contribution < -0.4 is 5.32 Å². The molecule has 1 heterocycles. The van der Waals surface area contributed by atoms with Crippen LogP contribution in [-0.4, -0.2) is 24.0 Å². The van der Waals surface area contributed by atoms with E-state index in [-0.39, 0.29) is 5.91 Å². The Morgan fingerprint density at radius 1 is 1.36 bits per heavy atom. The van der Waals surface area contributed by atoms with Gasteiger partial charge in [0.15, 0.2) is 0 Å². The number of hydrogen-bond acceptors (Lipinski definition) is 3. The maximum atomic E-state index is 11.7. The van der Waals surface area contributed by atoms with Crippen molar-refractivity contribution in [2.75, 3.05) is 18.1 Å². The standard InChI is InChI=1S/C10H17NOS2/c1-3-5-8-9(10(12)11-4-2)14-7-6-13-8/h3-7H2,1-2H3,(H,11,12). The maximum absolute atomic E-state index is 11.7. The molecule has 1 rings (SSSR count). The smallest absolute Gasteiger partial charge is 0.258 e. The van der Waals surface area contributed by atoms with Gasteiger partial charge in [0.2, 0.25) is 0 Å². The van der Waals surface area contributed by atoms with Crippen LogP contribution in [-0.2, 0) is 4.79 Å². The van der Waals surface area contributed by atoms with Crippen molar-refractivity contribution < 1.29 is 4.79 Å². The van der Waals surface area contributed by atoms with Gasteiger partial charge < -0.3 is 5.32 Å². The minimum atomic E-state index is 0.119. The van der Waals surface area contributed by atoms with E-state index in [4.69, 9.17) is 0 Å². The van der Waals surface area contributed by atoms with E-state index in [1.54, 1.807) is 11.8 Å². The lowest BCUT2D eigenvalue weighted by Gasteiger charge is -2.18. The molecule has 0 saturated heterocycles. The van der Waals surface area contributed by atoms with Gasteiger partial charge in [-0.25, -0.2) is 0 Å². The second-order valence-electron chi connectivity index (χ2n) is 3.06. The molecule has 0 unspecified atom stereocenters. The summed E-state index contributed by atoms with van der Waals surface area (Å²) in [4.78, 5) is 13.9. The summed E-state index contributed by atoms with van der Waals surface area (Å²) in [6.07, 6.45) is 2.16. The van der Waals surface area contributed by atoms with Gasteiger partial charge in [-0.2, -0.15) is 0 Å². The van der Waals surface area contributed by atoms with Crippen molar-refractivity contribution in [1.29, 1.82) is 0 Å². The van der Waals surface area contributed by atoms with Crippen molar-refractivity contribution in [3.05, 3.63) is 9.81 Å². The number of nitrogens with one attached hydrogen (secondary N) is 1. The summed E-state index contributed by atoms with van der Waals surface area (Å²) >= 11 is 3.55. The van der Waals surface area contributed by atoms with Crippen molar-refractivity contribution in [3.8, 4) is 0 Å². The van der Waals surface area contributed by atoms with E-state index in [9.17, 15) is 4.79 Å². The summed E-state index contributed by atoms with van der Waals surface area (Å²) in [6.45, 7) is 4.83. The maximum Gasteiger partial charge on any atom is 0.258 e. The molecule has 0 atom stereocenters. The number of likely N-dealkylation sites (N-methyl/N-ethyl adjacent to an activating group) is 1. The van der Waals surface area contributed by atoms with Gasteiger partial charge in [0.25, 0.3) is 5.91 Å². The molecule has 0 aromatic heterocycles. The molecular weight excluding hydrogens is 214 g/mol. The van der Waals surface area contributed by atoms with Crippen LogP contribution in [0.15, 0.2) is 9.81 Å². The highest BCUT2D eigenvalue weighted by molar-refractivity contribution is 8.10. The number of allylic oxidation sites excluding steroid dienone is 1. The first-order chi connectivity index (χ1) is 6.79. The first-order valence-electron chi connectivity index (χ1n) is 5.06. The highest BCUT2D eigenvalue weighted by Gasteiger charge is 2.18. The number of carbonyl (C=O) groups is 1. The topological polar surface area (TPSA) is 29.1 Å². The second-order valence-corrected chi connectivity index (χ2v) is 5.35. The molecule has 0 saturated carbocycles. The van der Waals surface area contributed by atoms with Crippen molar-refractivity contribution in [3.63, 3.8) is 0 Å². The summed E-state index contributed by atoms with van der Waals surface area (Å²) in [5.74, 6) is 2.32. The molecule has 1 aliphatic rings. The lowest BCUT2D eigenvalue weighted by Crippen LogP contribution is -2.25. The van der Waals surface area contributed by atoms with Gasteiger partial charge >= 0.3 is 0 Å². The summed E-state index contributed by atoms with van der Waals surface area (Å²) in [5, 5.41) is 2.87. The average Bonchev–Trinajstić information content (AvgIpc) is 2.19. The van der Waals surface area contributed by atoms with E-state index < -0.39 is 0 Å². The first-order valence-corrected chi connectivity index (χ1v) is 7.03. The Kier molecular flexibility index (Phi) is 5.48. The largest absolute Gasteiger partial charge is 0.352 e. The average molecular weight is 231 g/mol. The van der Waals surface area contributed by atoms with Crippen molar-refractivity contribution in [2.45, 2.75) is 26.7 Å². The molecule has 0 bridgehead atoms. The molecule has 14 heavy (non-hydrogen) atoms. The first kappa shape index (κ1) is 12.0. The molecule has 1 N–H and O–H groups in total. The molecule has 0 fully saturated rings. The van der Waals surface area contributed by atoms with Crippen LogP contribution in [0.1, 0.15) is 26.7 Å². The van der Waals surface area contributed by atoms with E-state index in [2.05, 4.69) is 12.2 Å². The van der Waals surface area contributed by atoms with Crippen LogP contribution in [0.4, 0.5) is 0 Å². The van der Waals surface area contributed by atoms with Crippen molar-refractivity contribution in [1.82, 2.24) is 5.32 Å². The molecule has 0 aromatic rings. The summed E-state index contributed by atoms with van der Waals surface area (Å²) in [6, 6.07) is 0. The molecule has 1 amide bonds. The van der Waals surface area contributed by atoms with Crippen LogP contribution in [0, 0.1) is 0 Å². The number of amides is 1. The molecule has 1 aliphatic heterocycles. The van der Waals surface area contributed by atoms with Gasteiger partial charge in [-0.3, -0.25) is 4.79 Å². The second kappa shape index (κ2) is 6.40. The van der Waals surface area contributed by atoms with Crippen molar-refractivity contribution in [2.24, 2.45) is 0 Å². The van der Waals surface area contributed by atoms with Gasteiger partial charge in [-0.05, 0) is 13.3 Å². The Morgan fingerprint density at radius 2 is 2.07 bits per heavy atom. The zero-order chi connectivity index (χ0) is 10.4. The van der Waals surface area contributed by atoms with Gasteiger partial charge in [0.05, 0.1) is 4.91 Å². The van der Waals surface area contributed by atoms with E-state index in [0.29, 0.717) is 6.54 Å². The van der Waals surface area contributed by atoms with E-state index in [1.165, 1.54) is 4.91 Å². The Morgan fingerprint density at radius 3 is 2.71 bits per heavy atom. The van der Waals surface area contributed by atoms with Gasteiger partial charge in [-0.1, -0.05) is 13.3 Å². The minimum Gasteiger partial charge on any atom is -0.352 e. The third kappa shape index (κ3) is 3.24. The number of rotatable bonds is 4. The lowest BCUT2D eigenvalue weighted by atomic mass is 10.3. The van der Waals surface area contributed by atoms with Crippen LogP contribution in [0.25, 0.3) is 0 Å². The number of hydrogen-bond donors (Lipinski definition) is 1. The van der Waals surface area contributed by atoms with Crippen LogP contribution in [0.5, 0.6) is 0 Å². The zero-order valence-electron chi connectivity index (χ0n) is 8.76. The molecule has 80 valence electrons. The quantitative estimate of drug-likeness (QED) is 0.806. The Bertz CT molecular complexity index is 238. The number of carbonyl (C=O) groups excluding carboxylic acids is 1.